The molecule has 0 radical (unpaired) electrons. The van der Waals surface area contributed by atoms with Crippen molar-refractivity contribution in [1.29, 1.82) is 0 Å². The van der Waals surface area contributed by atoms with E-state index in [0.717, 1.165) is 31.6 Å². The normalized spacial score (nSPS) is 18.5. The van der Waals surface area contributed by atoms with Gasteiger partial charge in [-0.05, 0) is 31.1 Å². The molecule has 0 spiro atoms. The standard InChI is InChI=1S/C18H34N2O2/c1-14(17(2,3)4)19-22-13-10-16(21)20-11-8-15(9-12-20)18(5,6)7/h15H,8-13H2,1-7H3/b19-14-. The Morgan fingerprint density at radius 3 is 2.14 bits per heavy atom. The maximum Gasteiger partial charge on any atom is 0.226 e. The van der Waals surface area contributed by atoms with E-state index in [-0.39, 0.29) is 11.3 Å². The molecule has 0 aromatic heterocycles. The number of amides is 1. The van der Waals surface area contributed by atoms with Gasteiger partial charge in [-0.1, -0.05) is 46.7 Å². The Morgan fingerprint density at radius 2 is 1.68 bits per heavy atom. The van der Waals surface area contributed by atoms with Gasteiger partial charge in [0.1, 0.15) is 6.61 Å². The molecule has 1 rings (SSSR count). The summed E-state index contributed by atoms with van der Waals surface area (Å²) in [5.74, 6) is 0.905. The molecule has 0 bridgehead atoms. The van der Waals surface area contributed by atoms with Crippen LogP contribution in [0.15, 0.2) is 5.16 Å². The van der Waals surface area contributed by atoms with Crippen molar-refractivity contribution in [3.05, 3.63) is 0 Å². The highest BCUT2D eigenvalue weighted by Crippen LogP contribution is 2.34. The highest BCUT2D eigenvalue weighted by Gasteiger charge is 2.30. The smallest absolute Gasteiger partial charge is 0.226 e. The van der Waals surface area contributed by atoms with Gasteiger partial charge in [-0.3, -0.25) is 4.79 Å². The van der Waals surface area contributed by atoms with E-state index >= 15 is 0 Å². The van der Waals surface area contributed by atoms with E-state index in [0.29, 0.717) is 24.4 Å². The predicted octanol–water partition coefficient (Wildman–Crippen LogP) is 4.10. The topological polar surface area (TPSA) is 41.9 Å². The van der Waals surface area contributed by atoms with Gasteiger partial charge in [0, 0.05) is 18.5 Å². The van der Waals surface area contributed by atoms with Gasteiger partial charge in [-0.2, -0.15) is 0 Å². The zero-order chi connectivity index (χ0) is 17.0. The molecule has 0 N–H and O–H groups in total. The Kier molecular flexibility index (Phi) is 6.45. The van der Waals surface area contributed by atoms with Crippen molar-refractivity contribution in [2.45, 2.75) is 67.7 Å². The third-order valence-corrected chi connectivity index (χ3v) is 4.77. The minimum absolute atomic E-state index is 0.0127. The minimum Gasteiger partial charge on any atom is -0.395 e. The van der Waals surface area contributed by atoms with Gasteiger partial charge in [-0.15, -0.1) is 0 Å². The van der Waals surface area contributed by atoms with Crippen LogP contribution in [0.5, 0.6) is 0 Å². The number of carbonyl (C=O) groups excluding carboxylic acids is 1. The van der Waals surface area contributed by atoms with Crippen LogP contribution in [-0.2, 0) is 9.63 Å². The fourth-order valence-corrected chi connectivity index (χ4v) is 2.57. The van der Waals surface area contributed by atoms with Gasteiger partial charge in [-0.25, -0.2) is 0 Å². The first-order chi connectivity index (χ1) is 10.0. The third-order valence-electron chi connectivity index (χ3n) is 4.77. The molecule has 1 aliphatic rings. The Hall–Kier alpha value is -1.06. The van der Waals surface area contributed by atoms with E-state index in [9.17, 15) is 4.79 Å². The van der Waals surface area contributed by atoms with Crippen molar-refractivity contribution in [2.24, 2.45) is 21.9 Å². The van der Waals surface area contributed by atoms with Crippen molar-refractivity contribution in [3.8, 4) is 0 Å². The van der Waals surface area contributed by atoms with E-state index in [1.54, 1.807) is 0 Å². The Morgan fingerprint density at radius 1 is 1.14 bits per heavy atom. The van der Waals surface area contributed by atoms with Crippen LogP contribution in [0.4, 0.5) is 0 Å². The molecule has 0 aliphatic carbocycles. The van der Waals surface area contributed by atoms with Gasteiger partial charge in [0.05, 0.1) is 12.1 Å². The lowest BCUT2D eigenvalue weighted by atomic mass is 9.75. The van der Waals surface area contributed by atoms with E-state index in [1.165, 1.54) is 0 Å². The average molecular weight is 310 g/mol. The summed E-state index contributed by atoms with van der Waals surface area (Å²) in [6.07, 6.45) is 2.63. The van der Waals surface area contributed by atoms with Crippen molar-refractivity contribution in [3.63, 3.8) is 0 Å². The van der Waals surface area contributed by atoms with Crippen molar-refractivity contribution in [2.75, 3.05) is 19.7 Å². The molecule has 128 valence electrons. The number of carbonyl (C=O) groups is 1. The Labute approximate surface area is 136 Å². The molecule has 4 heteroatoms. The summed E-state index contributed by atoms with van der Waals surface area (Å²) in [7, 11) is 0. The first-order valence-electron chi connectivity index (χ1n) is 8.46. The number of hydrogen-bond acceptors (Lipinski definition) is 3. The lowest BCUT2D eigenvalue weighted by Crippen LogP contribution is -2.41. The zero-order valence-electron chi connectivity index (χ0n) is 15.5. The fraction of sp³-hybridized carbons (Fsp3) is 0.889. The molecular formula is C18H34N2O2. The summed E-state index contributed by atoms with van der Waals surface area (Å²) in [6.45, 7) is 17.2. The molecule has 0 aromatic rings. The van der Waals surface area contributed by atoms with Crippen LogP contribution in [0.2, 0.25) is 0 Å². The summed E-state index contributed by atoms with van der Waals surface area (Å²) in [6, 6.07) is 0. The van der Waals surface area contributed by atoms with Gasteiger partial charge >= 0.3 is 0 Å². The molecule has 0 aromatic carbocycles. The first-order valence-corrected chi connectivity index (χ1v) is 8.46. The largest absolute Gasteiger partial charge is 0.395 e. The van der Waals surface area contributed by atoms with Crippen LogP contribution in [0.3, 0.4) is 0 Å². The molecular weight excluding hydrogens is 276 g/mol. The average Bonchev–Trinajstić information content (AvgIpc) is 2.41. The number of nitrogens with zero attached hydrogens (tertiary/aromatic N) is 2. The van der Waals surface area contributed by atoms with Crippen molar-refractivity contribution >= 4 is 11.6 Å². The highest BCUT2D eigenvalue weighted by atomic mass is 16.6. The molecule has 0 unspecified atom stereocenters. The fourth-order valence-electron chi connectivity index (χ4n) is 2.57. The number of likely N-dealkylation sites (tertiary alicyclic amines) is 1. The summed E-state index contributed by atoms with van der Waals surface area (Å²) < 4.78 is 0. The lowest BCUT2D eigenvalue weighted by molar-refractivity contribution is -0.134. The first kappa shape index (κ1) is 19.0. The van der Waals surface area contributed by atoms with Crippen molar-refractivity contribution < 1.29 is 9.63 Å². The summed E-state index contributed by atoms with van der Waals surface area (Å²) in [4.78, 5) is 19.5. The molecule has 4 nitrogen and oxygen atoms in total. The monoisotopic (exact) mass is 310 g/mol. The molecule has 22 heavy (non-hydrogen) atoms. The Bertz CT molecular complexity index is 394. The van der Waals surface area contributed by atoms with Gasteiger partial charge in [0.15, 0.2) is 0 Å². The quantitative estimate of drug-likeness (QED) is 0.446. The van der Waals surface area contributed by atoms with Crippen LogP contribution < -0.4 is 0 Å². The van der Waals surface area contributed by atoms with E-state index < -0.39 is 0 Å². The minimum atomic E-state index is 0.0127. The zero-order valence-corrected chi connectivity index (χ0v) is 15.5. The van der Waals surface area contributed by atoms with Gasteiger partial charge in [0.25, 0.3) is 0 Å². The molecule has 1 heterocycles. The summed E-state index contributed by atoms with van der Waals surface area (Å²) in [5, 5.41) is 4.10. The molecule has 1 fully saturated rings. The maximum absolute atomic E-state index is 12.2. The lowest BCUT2D eigenvalue weighted by Gasteiger charge is -2.38. The van der Waals surface area contributed by atoms with Crippen LogP contribution in [0, 0.1) is 16.7 Å². The SMILES string of the molecule is C/C(=N/OCCC(=O)N1CCC(C(C)(C)C)CC1)C(C)(C)C. The summed E-state index contributed by atoms with van der Waals surface area (Å²) in [5.41, 5.74) is 1.31. The maximum atomic E-state index is 12.2. The second kappa shape index (κ2) is 7.47. The van der Waals surface area contributed by atoms with Crippen LogP contribution in [0.1, 0.15) is 67.7 Å². The number of oxime groups is 1. The Balaban J connectivity index is 2.31. The second-order valence-electron chi connectivity index (χ2n) is 8.53. The van der Waals surface area contributed by atoms with E-state index in [2.05, 4.69) is 46.7 Å². The number of hydrogen-bond donors (Lipinski definition) is 0. The molecule has 1 amide bonds. The third kappa shape index (κ3) is 5.98. The van der Waals surface area contributed by atoms with Gasteiger partial charge in [0.2, 0.25) is 5.91 Å². The van der Waals surface area contributed by atoms with Crippen molar-refractivity contribution in [1.82, 2.24) is 4.90 Å². The number of piperidine rings is 1. The van der Waals surface area contributed by atoms with E-state index in [4.69, 9.17) is 4.84 Å². The summed E-state index contributed by atoms with van der Waals surface area (Å²) >= 11 is 0. The van der Waals surface area contributed by atoms with Crippen LogP contribution in [-0.4, -0.2) is 36.2 Å². The molecule has 0 saturated carbocycles. The predicted molar refractivity (Wildman–Crippen MR) is 91.9 cm³/mol. The highest BCUT2D eigenvalue weighted by molar-refractivity contribution is 5.86. The van der Waals surface area contributed by atoms with Gasteiger partial charge < -0.3 is 9.74 Å². The molecule has 1 aliphatic heterocycles. The molecule has 1 saturated heterocycles. The molecule has 0 atom stereocenters. The van der Waals surface area contributed by atoms with E-state index in [1.807, 2.05) is 11.8 Å². The van der Waals surface area contributed by atoms with Crippen LogP contribution in [0.25, 0.3) is 0 Å². The number of rotatable bonds is 4. The van der Waals surface area contributed by atoms with Crippen LogP contribution >= 0.6 is 0 Å². The second-order valence-corrected chi connectivity index (χ2v) is 8.53.